The van der Waals surface area contributed by atoms with Crippen molar-refractivity contribution >= 4 is 5.96 Å². The van der Waals surface area contributed by atoms with Crippen LogP contribution in [0.5, 0.6) is 5.75 Å². The molecule has 0 amide bonds. The Morgan fingerprint density at radius 3 is 2.61 bits per heavy atom. The molecule has 0 aliphatic carbocycles. The first kappa shape index (κ1) is 23.8. The Bertz CT molecular complexity index is 660. The van der Waals surface area contributed by atoms with Gasteiger partial charge in [-0.1, -0.05) is 19.1 Å². The van der Waals surface area contributed by atoms with Crippen molar-refractivity contribution < 1.29 is 9.47 Å². The molecule has 31 heavy (non-hydrogen) atoms. The van der Waals surface area contributed by atoms with Gasteiger partial charge >= 0.3 is 0 Å². The summed E-state index contributed by atoms with van der Waals surface area (Å²) in [4.78, 5) is 10.0. The quantitative estimate of drug-likeness (QED) is 0.462. The normalized spacial score (nSPS) is 22.2. The third-order valence-corrected chi connectivity index (χ3v) is 6.36. The second-order valence-electron chi connectivity index (χ2n) is 8.44. The largest absolute Gasteiger partial charge is 0.497 e. The van der Waals surface area contributed by atoms with Crippen LogP contribution >= 0.6 is 0 Å². The number of ether oxygens (including phenoxy) is 2. The van der Waals surface area contributed by atoms with Crippen LogP contribution in [0.3, 0.4) is 0 Å². The summed E-state index contributed by atoms with van der Waals surface area (Å²) in [6, 6.07) is 8.64. The summed E-state index contributed by atoms with van der Waals surface area (Å²) in [6.45, 7) is 13.9. The Morgan fingerprint density at radius 2 is 1.94 bits per heavy atom. The molecule has 1 aromatic rings. The molecule has 3 rings (SSSR count). The third-order valence-electron chi connectivity index (χ3n) is 6.36. The number of nitrogens with one attached hydrogen (secondary N) is 2. The van der Waals surface area contributed by atoms with Gasteiger partial charge in [-0.2, -0.15) is 0 Å². The van der Waals surface area contributed by atoms with Gasteiger partial charge in [0, 0.05) is 32.7 Å². The van der Waals surface area contributed by atoms with E-state index >= 15 is 0 Å². The minimum atomic E-state index is 0.232. The van der Waals surface area contributed by atoms with Crippen molar-refractivity contribution in [1.82, 2.24) is 20.4 Å². The van der Waals surface area contributed by atoms with Gasteiger partial charge in [-0.05, 0) is 56.5 Å². The molecular formula is C24H41N5O2. The molecule has 174 valence electrons. The SMILES string of the molecule is CCNC(=NCC(c1ccc(OC)cc1)N1CCOCC1)NCC1CCCN(CC)C1. The summed E-state index contributed by atoms with van der Waals surface area (Å²) in [6.07, 6.45) is 2.59. The van der Waals surface area contributed by atoms with Crippen LogP contribution in [-0.4, -0.2) is 88.4 Å². The van der Waals surface area contributed by atoms with Gasteiger partial charge in [0.25, 0.3) is 0 Å². The van der Waals surface area contributed by atoms with Crippen molar-refractivity contribution in [3.63, 3.8) is 0 Å². The number of hydrogen-bond acceptors (Lipinski definition) is 5. The van der Waals surface area contributed by atoms with Gasteiger partial charge in [-0.25, -0.2) is 0 Å². The van der Waals surface area contributed by atoms with E-state index in [4.69, 9.17) is 14.5 Å². The minimum absolute atomic E-state index is 0.232. The fourth-order valence-electron chi connectivity index (χ4n) is 4.51. The van der Waals surface area contributed by atoms with E-state index in [0.29, 0.717) is 12.5 Å². The van der Waals surface area contributed by atoms with Gasteiger partial charge in [0.15, 0.2) is 5.96 Å². The van der Waals surface area contributed by atoms with Crippen LogP contribution < -0.4 is 15.4 Å². The molecule has 2 aliphatic rings. The van der Waals surface area contributed by atoms with E-state index in [1.54, 1.807) is 7.11 Å². The zero-order valence-corrected chi connectivity index (χ0v) is 19.6. The lowest BCUT2D eigenvalue weighted by Gasteiger charge is -2.34. The zero-order valence-electron chi connectivity index (χ0n) is 19.6. The number of guanidine groups is 1. The van der Waals surface area contributed by atoms with Crippen LogP contribution in [0, 0.1) is 5.92 Å². The highest BCUT2D eigenvalue weighted by atomic mass is 16.5. The van der Waals surface area contributed by atoms with Crippen molar-refractivity contribution in [3.8, 4) is 5.75 Å². The number of nitrogens with zero attached hydrogens (tertiary/aromatic N) is 3. The van der Waals surface area contributed by atoms with E-state index in [0.717, 1.165) is 57.6 Å². The van der Waals surface area contributed by atoms with Crippen LogP contribution in [-0.2, 0) is 4.74 Å². The number of morpholine rings is 1. The number of rotatable bonds is 9. The van der Waals surface area contributed by atoms with Crippen molar-refractivity contribution in [2.45, 2.75) is 32.7 Å². The van der Waals surface area contributed by atoms with Crippen LogP contribution in [0.25, 0.3) is 0 Å². The molecule has 2 N–H and O–H groups in total. The average molecular weight is 432 g/mol. The first-order valence-electron chi connectivity index (χ1n) is 11.9. The van der Waals surface area contributed by atoms with E-state index in [1.165, 1.54) is 31.5 Å². The van der Waals surface area contributed by atoms with E-state index in [-0.39, 0.29) is 6.04 Å². The molecule has 2 saturated heterocycles. The fourth-order valence-corrected chi connectivity index (χ4v) is 4.51. The summed E-state index contributed by atoms with van der Waals surface area (Å²) >= 11 is 0. The Kier molecular flexibility index (Phi) is 9.90. The van der Waals surface area contributed by atoms with E-state index in [2.05, 4.69) is 46.4 Å². The lowest BCUT2D eigenvalue weighted by Crippen LogP contribution is -2.45. The summed E-state index contributed by atoms with van der Waals surface area (Å²) < 4.78 is 10.9. The lowest BCUT2D eigenvalue weighted by atomic mass is 9.98. The summed E-state index contributed by atoms with van der Waals surface area (Å²) in [7, 11) is 1.71. The number of benzene rings is 1. The maximum absolute atomic E-state index is 5.58. The molecule has 0 spiro atoms. The highest BCUT2D eigenvalue weighted by molar-refractivity contribution is 5.79. The molecule has 7 nitrogen and oxygen atoms in total. The molecule has 2 unspecified atom stereocenters. The van der Waals surface area contributed by atoms with Crippen molar-refractivity contribution in [2.75, 3.05) is 72.7 Å². The Balaban J connectivity index is 1.65. The molecule has 2 atom stereocenters. The fraction of sp³-hybridized carbons (Fsp3) is 0.708. The Morgan fingerprint density at radius 1 is 1.16 bits per heavy atom. The van der Waals surface area contributed by atoms with Crippen molar-refractivity contribution in [2.24, 2.45) is 10.9 Å². The lowest BCUT2D eigenvalue weighted by molar-refractivity contribution is 0.0179. The highest BCUT2D eigenvalue weighted by Crippen LogP contribution is 2.24. The van der Waals surface area contributed by atoms with Crippen LogP contribution in [0.2, 0.25) is 0 Å². The van der Waals surface area contributed by atoms with Gasteiger partial charge < -0.3 is 25.0 Å². The molecule has 0 aromatic heterocycles. The molecular weight excluding hydrogens is 390 g/mol. The second kappa shape index (κ2) is 12.9. The highest BCUT2D eigenvalue weighted by Gasteiger charge is 2.23. The Labute approximate surface area is 188 Å². The van der Waals surface area contributed by atoms with E-state index in [9.17, 15) is 0 Å². The predicted molar refractivity (Wildman–Crippen MR) is 127 cm³/mol. The Hall–Kier alpha value is -1.83. The first-order valence-corrected chi connectivity index (χ1v) is 11.9. The van der Waals surface area contributed by atoms with Gasteiger partial charge in [0.1, 0.15) is 5.75 Å². The predicted octanol–water partition coefficient (Wildman–Crippen LogP) is 2.36. The number of likely N-dealkylation sites (tertiary alicyclic amines) is 1. The van der Waals surface area contributed by atoms with E-state index in [1.807, 2.05) is 12.1 Å². The summed E-state index contributed by atoms with van der Waals surface area (Å²) in [5.74, 6) is 2.49. The zero-order chi connectivity index (χ0) is 21.9. The van der Waals surface area contributed by atoms with Crippen LogP contribution in [0.4, 0.5) is 0 Å². The molecule has 2 heterocycles. The van der Waals surface area contributed by atoms with Crippen molar-refractivity contribution in [3.05, 3.63) is 29.8 Å². The third kappa shape index (κ3) is 7.37. The summed E-state index contributed by atoms with van der Waals surface area (Å²) in [5, 5.41) is 7.05. The standard InChI is InChI=1S/C24H41N5O2/c1-4-25-24(26-17-20-7-6-12-28(5-2)19-20)27-18-23(29-13-15-31-16-14-29)21-8-10-22(30-3)11-9-21/h8-11,20,23H,4-7,12-19H2,1-3H3,(H2,25,26,27). The maximum Gasteiger partial charge on any atom is 0.191 e. The van der Waals surface area contributed by atoms with Gasteiger partial charge in [-0.3, -0.25) is 9.89 Å². The molecule has 1 aromatic carbocycles. The second-order valence-corrected chi connectivity index (χ2v) is 8.44. The molecule has 2 aliphatic heterocycles. The topological polar surface area (TPSA) is 61.4 Å². The molecule has 7 heteroatoms. The minimum Gasteiger partial charge on any atom is -0.497 e. The smallest absolute Gasteiger partial charge is 0.191 e. The maximum atomic E-state index is 5.58. The molecule has 2 fully saturated rings. The number of methoxy groups -OCH3 is 1. The van der Waals surface area contributed by atoms with E-state index < -0.39 is 0 Å². The van der Waals surface area contributed by atoms with Gasteiger partial charge in [-0.15, -0.1) is 0 Å². The first-order chi connectivity index (χ1) is 15.2. The number of hydrogen-bond donors (Lipinski definition) is 2. The molecule has 0 radical (unpaired) electrons. The summed E-state index contributed by atoms with van der Waals surface area (Å²) in [5.41, 5.74) is 1.27. The van der Waals surface area contributed by atoms with Gasteiger partial charge in [0.2, 0.25) is 0 Å². The molecule has 0 saturated carbocycles. The number of piperidine rings is 1. The van der Waals surface area contributed by atoms with Crippen LogP contribution in [0.15, 0.2) is 29.3 Å². The molecule has 0 bridgehead atoms. The average Bonchev–Trinajstić information content (AvgIpc) is 2.83. The van der Waals surface area contributed by atoms with Gasteiger partial charge in [0.05, 0.1) is 32.9 Å². The number of aliphatic imine (C=N–C) groups is 1. The van der Waals surface area contributed by atoms with Crippen LogP contribution in [0.1, 0.15) is 38.3 Å². The van der Waals surface area contributed by atoms with Crippen molar-refractivity contribution in [1.29, 1.82) is 0 Å². The monoisotopic (exact) mass is 431 g/mol.